The lowest BCUT2D eigenvalue weighted by Gasteiger charge is -2.07. The largest absolute Gasteiger partial charge is 0.295 e. The number of hydrogen-bond donors (Lipinski definition) is 0. The Morgan fingerprint density at radius 2 is 2.27 bits per heavy atom. The second-order valence-corrected chi connectivity index (χ2v) is 3.27. The molecule has 0 amide bonds. The molecule has 1 heteroatoms. The molecule has 1 unspecified atom stereocenters. The van der Waals surface area contributed by atoms with Crippen LogP contribution >= 0.6 is 0 Å². The zero-order valence-electron chi connectivity index (χ0n) is 7.18. The number of Topliss-reactive ketones (excluding diaryl/α,β-unsaturated/α-hetero) is 1. The van der Waals surface area contributed by atoms with Crippen LogP contribution in [0.25, 0.3) is 0 Å². The fourth-order valence-corrected chi connectivity index (χ4v) is 1.38. The molecule has 0 saturated heterocycles. The van der Waals surface area contributed by atoms with E-state index in [9.17, 15) is 4.79 Å². The van der Waals surface area contributed by atoms with Crippen LogP contribution in [-0.2, 0) is 4.79 Å². The first-order valence-electron chi connectivity index (χ1n) is 3.96. The Morgan fingerprint density at radius 1 is 1.64 bits per heavy atom. The van der Waals surface area contributed by atoms with E-state index in [4.69, 9.17) is 0 Å². The smallest absolute Gasteiger partial charge is 0.155 e. The third-order valence-electron chi connectivity index (χ3n) is 2.26. The van der Waals surface area contributed by atoms with Crippen LogP contribution in [0.1, 0.15) is 26.7 Å². The third-order valence-corrected chi connectivity index (χ3v) is 2.26. The molecule has 1 atom stereocenters. The maximum atomic E-state index is 10.9. The first kappa shape index (κ1) is 8.25. The maximum Gasteiger partial charge on any atom is 0.155 e. The van der Waals surface area contributed by atoms with Crippen molar-refractivity contribution in [1.82, 2.24) is 0 Å². The van der Waals surface area contributed by atoms with Crippen molar-refractivity contribution in [3.05, 3.63) is 23.8 Å². The normalized spacial score (nSPS) is 23.1. The minimum Gasteiger partial charge on any atom is -0.295 e. The van der Waals surface area contributed by atoms with Crippen LogP contribution in [0.2, 0.25) is 0 Å². The molecule has 0 saturated carbocycles. The van der Waals surface area contributed by atoms with Crippen molar-refractivity contribution in [2.75, 3.05) is 0 Å². The number of carbonyl (C=O) groups excluding carboxylic acids is 1. The van der Waals surface area contributed by atoms with Gasteiger partial charge in [-0.1, -0.05) is 18.2 Å². The van der Waals surface area contributed by atoms with Crippen molar-refractivity contribution in [2.45, 2.75) is 26.7 Å². The number of rotatable bonds is 2. The summed E-state index contributed by atoms with van der Waals surface area (Å²) in [6.07, 6.45) is 3.95. The SMILES string of the molecule is C=C(C)C1CC=C(C(C)=O)C1. The van der Waals surface area contributed by atoms with Crippen LogP contribution in [0, 0.1) is 5.92 Å². The highest BCUT2D eigenvalue weighted by Gasteiger charge is 2.19. The van der Waals surface area contributed by atoms with E-state index in [0.717, 1.165) is 18.4 Å². The Morgan fingerprint density at radius 3 is 2.55 bits per heavy atom. The Kier molecular flexibility index (Phi) is 2.28. The first-order chi connectivity index (χ1) is 5.11. The molecule has 11 heavy (non-hydrogen) atoms. The minimum absolute atomic E-state index is 0.216. The van der Waals surface area contributed by atoms with Gasteiger partial charge in [0.2, 0.25) is 0 Å². The molecule has 60 valence electrons. The molecular formula is C10H14O. The van der Waals surface area contributed by atoms with Gasteiger partial charge in [0.05, 0.1) is 0 Å². The van der Waals surface area contributed by atoms with E-state index in [-0.39, 0.29) is 5.78 Å². The predicted molar refractivity (Wildman–Crippen MR) is 46.3 cm³/mol. The summed E-state index contributed by atoms with van der Waals surface area (Å²) in [5, 5.41) is 0. The summed E-state index contributed by atoms with van der Waals surface area (Å²) in [5.41, 5.74) is 2.18. The summed E-state index contributed by atoms with van der Waals surface area (Å²) in [6, 6.07) is 0. The molecule has 0 N–H and O–H groups in total. The van der Waals surface area contributed by atoms with Gasteiger partial charge in [0, 0.05) is 0 Å². The van der Waals surface area contributed by atoms with Crippen LogP contribution in [0.5, 0.6) is 0 Å². The average Bonchev–Trinajstić information content (AvgIpc) is 2.33. The standard InChI is InChI=1S/C10H14O/c1-7(2)9-4-5-10(6-9)8(3)11/h5,9H,1,4,6H2,2-3H3. The van der Waals surface area contributed by atoms with Gasteiger partial charge in [0.25, 0.3) is 0 Å². The molecule has 0 spiro atoms. The van der Waals surface area contributed by atoms with E-state index >= 15 is 0 Å². The fourth-order valence-electron chi connectivity index (χ4n) is 1.38. The lowest BCUT2D eigenvalue weighted by atomic mass is 9.97. The zero-order valence-corrected chi connectivity index (χ0v) is 7.18. The van der Waals surface area contributed by atoms with Gasteiger partial charge < -0.3 is 0 Å². The molecule has 0 aromatic carbocycles. The van der Waals surface area contributed by atoms with Crippen molar-refractivity contribution >= 4 is 5.78 Å². The van der Waals surface area contributed by atoms with E-state index in [0.29, 0.717) is 5.92 Å². The van der Waals surface area contributed by atoms with Crippen LogP contribution < -0.4 is 0 Å². The van der Waals surface area contributed by atoms with Crippen molar-refractivity contribution in [3.63, 3.8) is 0 Å². The van der Waals surface area contributed by atoms with Crippen LogP contribution in [0.15, 0.2) is 23.8 Å². The van der Waals surface area contributed by atoms with Gasteiger partial charge in [-0.2, -0.15) is 0 Å². The summed E-state index contributed by atoms with van der Waals surface area (Å²) < 4.78 is 0. The second kappa shape index (κ2) is 3.04. The quantitative estimate of drug-likeness (QED) is 0.553. The average molecular weight is 150 g/mol. The van der Waals surface area contributed by atoms with E-state index in [2.05, 4.69) is 6.58 Å². The van der Waals surface area contributed by atoms with Crippen molar-refractivity contribution < 1.29 is 4.79 Å². The number of ketones is 1. The maximum absolute atomic E-state index is 10.9. The Hall–Kier alpha value is -0.850. The lowest BCUT2D eigenvalue weighted by molar-refractivity contribution is -0.113. The summed E-state index contributed by atoms with van der Waals surface area (Å²) in [5.74, 6) is 0.739. The van der Waals surface area contributed by atoms with Crippen molar-refractivity contribution in [3.8, 4) is 0 Å². The van der Waals surface area contributed by atoms with Crippen LogP contribution in [0.4, 0.5) is 0 Å². The first-order valence-corrected chi connectivity index (χ1v) is 3.96. The third kappa shape index (κ3) is 1.79. The fraction of sp³-hybridized carbons (Fsp3) is 0.500. The highest BCUT2D eigenvalue weighted by atomic mass is 16.1. The summed E-state index contributed by atoms with van der Waals surface area (Å²) in [4.78, 5) is 10.9. The Labute approximate surface area is 67.8 Å². The molecule has 0 aromatic heterocycles. The number of carbonyl (C=O) groups is 1. The van der Waals surface area contributed by atoms with Gasteiger partial charge in [0.1, 0.15) is 0 Å². The van der Waals surface area contributed by atoms with Crippen molar-refractivity contribution in [1.29, 1.82) is 0 Å². The molecule has 1 aliphatic carbocycles. The highest BCUT2D eigenvalue weighted by Crippen LogP contribution is 2.29. The van der Waals surface area contributed by atoms with Crippen molar-refractivity contribution in [2.24, 2.45) is 5.92 Å². The predicted octanol–water partition coefficient (Wildman–Crippen LogP) is 2.49. The molecule has 1 rings (SSSR count). The van der Waals surface area contributed by atoms with Crippen LogP contribution in [0.3, 0.4) is 0 Å². The van der Waals surface area contributed by atoms with Gasteiger partial charge in [0.15, 0.2) is 5.78 Å². The summed E-state index contributed by atoms with van der Waals surface area (Å²) in [6.45, 7) is 7.55. The second-order valence-electron chi connectivity index (χ2n) is 3.27. The monoisotopic (exact) mass is 150 g/mol. The molecule has 0 radical (unpaired) electrons. The zero-order chi connectivity index (χ0) is 8.43. The molecule has 1 nitrogen and oxygen atoms in total. The lowest BCUT2D eigenvalue weighted by Crippen LogP contribution is -1.98. The summed E-state index contributed by atoms with van der Waals surface area (Å²) in [7, 11) is 0. The molecular weight excluding hydrogens is 136 g/mol. The molecule has 1 aliphatic rings. The molecule has 0 fully saturated rings. The van der Waals surface area contributed by atoms with Gasteiger partial charge in [-0.15, -0.1) is 0 Å². The highest BCUT2D eigenvalue weighted by molar-refractivity contribution is 5.93. The molecule has 0 heterocycles. The molecule has 0 aromatic rings. The topological polar surface area (TPSA) is 17.1 Å². The molecule has 0 aliphatic heterocycles. The van der Waals surface area contributed by atoms with Gasteiger partial charge in [-0.25, -0.2) is 0 Å². The van der Waals surface area contributed by atoms with E-state index < -0.39 is 0 Å². The van der Waals surface area contributed by atoms with E-state index in [1.165, 1.54) is 5.57 Å². The Balaban J connectivity index is 2.56. The molecule has 0 bridgehead atoms. The number of hydrogen-bond acceptors (Lipinski definition) is 1. The minimum atomic E-state index is 0.216. The summed E-state index contributed by atoms with van der Waals surface area (Å²) >= 11 is 0. The van der Waals surface area contributed by atoms with Gasteiger partial charge in [-0.3, -0.25) is 4.79 Å². The number of allylic oxidation sites excluding steroid dienone is 3. The van der Waals surface area contributed by atoms with E-state index in [1.54, 1.807) is 6.92 Å². The van der Waals surface area contributed by atoms with Crippen LogP contribution in [-0.4, -0.2) is 5.78 Å². The van der Waals surface area contributed by atoms with Gasteiger partial charge >= 0.3 is 0 Å². The van der Waals surface area contributed by atoms with Gasteiger partial charge in [-0.05, 0) is 38.2 Å². The van der Waals surface area contributed by atoms with E-state index in [1.807, 2.05) is 13.0 Å². The Bertz CT molecular complexity index is 223.